The van der Waals surface area contributed by atoms with Crippen molar-refractivity contribution in [3.05, 3.63) is 24.8 Å². The molecule has 0 aromatic rings. The first kappa shape index (κ1) is 19.2. The molecule has 0 aromatic carbocycles. The average Bonchev–Trinajstić information content (AvgIpc) is 2.79. The molecule has 0 bridgehead atoms. The minimum Gasteiger partial charge on any atom is -0.462 e. The van der Waals surface area contributed by atoms with Gasteiger partial charge in [0.2, 0.25) is 0 Å². The van der Waals surface area contributed by atoms with Crippen LogP contribution in [0.2, 0.25) is 0 Å². The standard InChI is InChI=1S/C19H26O6/c1-7-19(6)8-14(24-13(5)21)15-11(3)18(22)25-17(15)16(19)10(2)9-23-12(4)20/h7,11,14-17H,1-2,8-9H2,3-6H3/t11-,14-,15+,16+,17-,19+/m0/s1. The van der Waals surface area contributed by atoms with Crippen LogP contribution in [0.15, 0.2) is 24.8 Å². The summed E-state index contributed by atoms with van der Waals surface area (Å²) in [6.45, 7) is 14.5. The predicted octanol–water partition coefficient (Wildman–Crippen LogP) is 2.43. The zero-order valence-corrected chi connectivity index (χ0v) is 15.2. The Morgan fingerprint density at radius 1 is 1.36 bits per heavy atom. The topological polar surface area (TPSA) is 78.9 Å². The summed E-state index contributed by atoms with van der Waals surface area (Å²) in [5, 5.41) is 0. The number of ether oxygens (including phenoxy) is 3. The molecule has 1 aliphatic carbocycles. The van der Waals surface area contributed by atoms with Gasteiger partial charge in [-0.15, -0.1) is 6.58 Å². The highest BCUT2D eigenvalue weighted by Crippen LogP contribution is 2.54. The molecule has 0 spiro atoms. The fraction of sp³-hybridized carbons (Fsp3) is 0.632. The van der Waals surface area contributed by atoms with Gasteiger partial charge in [0.15, 0.2) is 0 Å². The van der Waals surface area contributed by atoms with Crippen LogP contribution in [0.5, 0.6) is 0 Å². The average molecular weight is 350 g/mol. The number of fused-ring (bicyclic) bond motifs is 1. The summed E-state index contributed by atoms with van der Waals surface area (Å²) >= 11 is 0. The minimum absolute atomic E-state index is 0.0524. The Morgan fingerprint density at radius 3 is 2.52 bits per heavy atom. The van der Waals surface area contributed by atoms with Gasteiger partial charge in [0, 0.05) is 25.7 Å². The van der Waals surface area contributed by atoms with E-state index in [1.807, 2.05) is 6.92 Å². The Balaban J connectivity index is 2.39. The normalized spacial score (nSPS) is 36.8. The molecular formula is C19H26O6. The molecule has 1 aliphatic heterocycles. The maximum absolute atomic E-state index is 12.2. The van der Waals surface area contributed by atoms with Gasteiger partial charge in [0.05, 0.1) is 5.92 Å². The summed E-state index contributed by atoms with van der Waals surface area (Å²) < 4.78 is 16.3. The molecule has 6 nitrogen and oxygen atoms in total. The molecule has 0 radical (unpaired) electrons. The molecule has 6 heteroatoms. The van der Waals surface area contributed by atoms with Crippen molar-refractivity contribution in [2.75, 3.05) is 6.61 Å². The SMILES string of the molecule is C=C[C@]1(C)C[C@H](OC(C)=O)[C@@H]2[C@H](OC(=O)[C@H]2C)[C@H]1C(=C)COC(C)=O. The minimum atomic E-state index is -0.511. The van der Waals surface area contributed by atoms with Crippen molar-refractivity contribution in [2.45, 2.75) is 46.3 Å². The van der Waals surface area contributed by atoms with Crippen molar-refractivity contribution < 1.29 is 28.6 Å². The summed E-state index contributed by atoms with van der Waals surface area (Å²) in [5.74, 6) is -2.01. The van der Waals surface area contributed by atoms with Crippen LogP contribution in [0.3, 0.4) is 0 Å². The van der Waals surface area contributed by atoms with Crippen molar-refractivity contribution in [3.8, 4) is 0 Å². The lowest BCUT2D eigenvalue weighted by atomic mass is 9.58. The second kappa shape index (κ2) is 7.02. The third kappa shape index (κ3) is 3.62. The summed E-state index contributed by atoms with van der Waals surface area (Å²) in [5.41, 5.74) is 0.152. The van der Waals surface area contributed by atoms with Gasteiger partial charge in [0.1, 0.15) is 18.8 Å². The second-order valence-corrected chi connectivity index (χ2v) is 7.25. The zero-order chi connectivity index (χ0) is 18.9. The molecule has 0 N–H and O–H groups in total. The third-order valence-electron chi connectivity index (χ3n) is 5.37. The van der Waals surface area contributed by atoms with Crippen molar-refractivity contribution in [1.82, 2.24) is 0 Å². The summed E-state index contributed by atoms with van der Waals surface area (Å²) in [4.78, 5) is 34.9. The van der Waals surface area contributed by atoms with Gasteiger partial charge in [0.25, 0.3) is 0 Å². The lowest BCUT2D eigenvalue weighted by molar-refractivity contribution is -0.162. The van der Waals surface area contributed by atoms with E-state index < -0.39 is 23.6 Å². The summed E-state index contributed by atoms with van der Waals surface area (Å²) in [6, 6.07) is 0. The van der Waals surface area contributed by atoms with E-state index in [-0.39, 0.29) is 36.3 Å². The first-order valence-corrected chi connectivity index (χ1v) is 8.43. The van der Waals surface area contributed by atoms with Gasteiger partial charge >= 0.3 is 17.9 Å². The van der Waals surface area contributed by atoms with Crippen LogP contribution in [-0.2, 0) is 28.6 Å². The lowest BCUT2D eigenvalue weighted by Crippen LogP contribution is -2.52. The first-order valence-electron chi connectivity index (χ1n) is 8.43. The number of rotatable bonds is 5. The molecule has 6 atom stereocenters. The van der Waals surface area contributed by atoms with Crippen LogP contribution in [0.4, 0.5) is 0 Å². The Hall–Kier alpha value is -2.11. The van der Waals surface area contributed by atoms with E-state index in [1.54, 1.807) is 13.0 Å². The molecule has 0 unspecified atom stereocenters. The molecule has 25 heavy (non-hydrogen) atoms. The maximum Gasteiger partial charge on any atom is 0.309 e. The molecule has 0 amide bonds. The van der Waals surface area contributed by atoms with E-state index >= 15 is 0 Å². The van der Waals surface area contributed by atoms with Crippen LogP contribution in [0.25, 0.3) is 0 Å². The number of hydrogen-bond donors (Lipinski definition) is 0. The fourth-order valence-electron chi connectivity index (χ4n) is 4.18. The van der Waals surface area contributed by atoms with Crippen LogP contribution >= 0.6 is 0 Å². The van der Waals surface area contributed by atoms with Gasteiger partial charge in [-0.1, -0.05) is 26.5 Å². The van der Waals surface area contributed by atoms with E-state index in [2.05, 4.69) is 13.2 Å². The molecule has 2 fully saturated rings. The maximum atomic E-state index is 12.2. The number of esters is 3. The van der Waals surface area contributed by atoms with Gasteiger partial charge in [-0.05, 0) is 17.4 Å². The lowest BCUT2D eigenvalue weighted by Gasteiger charge is -2.49. The fourth-order valence-corrected chi connectivity index (χ4v) is 4.18. The Morgan fingerprint density at radius 2 is 2.00 bits per heavy atom. The van der Waals surface area contributed by atoms with Crippen LogP contribution < -0.4 is 0 Å². The number of carbonyl (C=O) groups is 3. The van der Waals surface area contributed by atoms with E-state index in [1.165, 1.54) is 13.8 Å². The molecule has 1 saturated carbocycles. The largest absolute Gasteiger partial charge is 0.462 e. The second-order valence-electron chi connectivity index (χ2n) is 7.25. The van der Waals surface area contributed by atoms with Crippen LogP contribution in [-0.4, -0.2) is 36.7 Å². The summed E-state index contributed by atoms with van der Waals surface area (Å²) in [7, 11) is 0. The van der Waals surface area contributed by atoms with Gasteiger partial charge in [-0.3, -0.25) is 14.4 Å². The predicted molar refractivity (Wildman–Crippen MR) is 90.3 cm³/mol. The molecule has 138 valence electrons. The van der Waals surface area contributed by atoms with E-state index in [4.69, 9.17) is 14.2 Å². The van der Waals surface area contributed by atoms with Gasteiger partial charge < -0.3 is 14.2 Å². The molecule has 2 rings (SSSR count). The highest BCUT2D eigenvalue weighted by Gasteiger charge is 2.59. The number of hydrogen-bond acceptors (Lipinski definition) is 6. The van der Waals surface area contributed by atoms with E-state index in [0.29, 0.717) is 12.0 Å². The van der Waals surface area contributed by atoms with Crippen molar-refractivity contribution >= 4 is 17.9 Å². The van der Waals surface area contributed by atoms with Crippen LogP contribution in [0, 0.1) is 23.2 Å². The first-order chi connectivity index (χ1) is 11.6. The molecule has 0 aromatic heterocycles. The quantitative estimate of drug-likeness (QED) is 0.430. The number of carbonyl (C=O) groups excluding carboxylic acids is 3. The smallest absolute Gasteiger partial charge is 0.309 e. The Kier molecular flexibility index (Phi) is 5.40. The summed E-state index contributed by atoms with van der Waals surface area (Å²) in [6.07, 6.45) is 1.35. The molecule has 1 heterocycles. The van der Waals surface area contributed by atoms with E-state index in [9.17, 15) is 14.4 Å². The number of allylic oxidation sites excluding steroid dienone is 1. The zero-order valence-electron chi connectivity index (χ0n) is 15.2. The molecular weight excluding hydrogens is 324 g/mol. The highest BCUT2D eigenvalue weighted by atomic mass is 16.6. The highest BCUT2D eigenvalue weighted by molar-refractivity contribution is 5.75. The van der Waals surface area contributed by atoms with Crippen molar-refractivity contribution in [2.24, 2.45) is 23.2 Å². The van der Waals surface area contributed by atoms with Crippen molar-refractivity contribution in [1.29, 1.82) is 0 Å². The van der Waals surface area contributed by atoms with Gasteiger partial charge in [-0.25, -0.2) is 0 Å². The monoisotopic (exact) mass is 350 g/mol. The van der Waals surface area contributed by atoms with E-state index in [0.717, 1.165) is 0 Å². The van der Waals surface area contributed by atoms with Gasteiger partial charge in [-0.2, -0.15) is 0 Å². The molecule has 2 aliphatic rings. The third-order valence-corrected chi connectivity index (χ3v) is 5.37. The Labute approximate surface area is 148 Å². The van der Waals surface area contributed by atoms with Crippen molar-refractivity contribution in [3.63, 3.8) is 0 Å². The molecule has 1 saturated heterocycles. The van der Waals surface area contributed by atoms with Crippen LogP contribution in [0.1, 0.15) is 34.1 Å². The Bertz CT molecular complexity index is 609.